The van der Waals surface area contributed by atoms with Crippen molar-refractivity contribution in [1.29, 1.82) is 0 Å². The first-order valence-electron chi connectivity index (χ1n) is 11.2. The number of nitrogens with zero attached hydrogens (tertiary/aromatic N) is 2. The molecule has 0 unspecified atom stereocenters. The van der Waals surface area contributed by atoms with Crippen LogP contribution in [0.4, 0.5) is 0 Å². The van der Waals surface area contributed by atoms with Crippen LogP contribution in [0.3, 0.4) is 0 Å². The van der Waals surface area contributed by atoms with E-state index in [2.05, 4.69) is 16.3 Å². The fourth-order valence-electron chi connectivity index (χ4n) is 5.15. The summed E-state index contributed by atoms with van der Waals surface area (Å²) >= 11 is 0. The van der Waals surface area contributed by atoms with Crippen molar-refractivity contribution in [2.75, 3.05) is 32.7 Å². The number of hydrogen-bond acceptors (Lipinski definition) is 4. The average Bonchev–Trinajstić information content (AvgIpc) is 2.97. The molecule has 1 aliphatic carbocycles. The van der Waals surface area contributed by atoms with E-state index >= 15 is 0 Å². The Morgan fingerprint density at radius 3 is 2.50 bits per heavy atom. The predicted octanol–water partition coefficient (Wildman–Crippen LogP) is 3.14. The summed E-state index contributed by atoms with van der Waals surface area (Å²) in [5.41, 5.74) is 2.30. The van der Waals surface area contributed by atoms with Gasteiger partial charge >= 0.3 is 0 Å². The Hall–Kier alpha value is -0.950. The quantitative estimate of drug-likeness (QED) is 0.839. The molecule has 2 heterocycles. The van der Waals surface area contributed by atoms with Gasteiger partial charge in [0.15, 0.2) is 0 Å². The Morgan fingerprint density at radius 1 is 0.893 bits per heavy atom. The number of nitrogens with one attached hydrogen (secondary N) is 1. The molecule has 5 nitrogen and oxygen atoms in total. The second-order valence-corrected chi connectivity index (χ2v) is 10.5. The molecule has 1 saturated heterocycles. The number of benzene rings is 1. The summed E-state index contributed by atoms with van der Waals surface area (Å²) in [4.78, 5) is 3.18. The van der Waals surface area contributed by atoms with E-state index in [1.807, 2.05) is 12.1 Å². The van der Waals surface area contributed by atoms with Gasteiger partial charge in [-0.1, -0.05) is 44.2 Å². The van der Waals surface area contributed by atoms with Crippen LogP contribution in [0.2, 0.25) is 0 Å². The second-order valence-electron chi connectivity index (χ2n) is 8.62. The zero-order valence-electron chi connectivity index (χ0n) is 17.0. The Labute approximate surface area is 170 Å². The van der Waals surface area contributed by atoms with Gasteiger partial charge in [-0.25, -0.2) is 8.42 Å². The van der Waals surface area contributed by atoms with Crippen LogP contribution >= 0.6 is 0 Å². The number of fused-ring (bicyclic) bond motifs is 1. The molecule has 4 rings (SSSR count). The topological polar surface area (TPSA) is 52.7 Å². The summed E-state index contributed by atoms with van der Waals surface area (Å²) in [6.07, 6.45) is 11.1. The summed E-state index contributed by atoms with van der Waals surface area (Å²) < 4.78 is 28.4. The van der Waals surface area contributed by atoms with E-state index in [0.29, 0.717) is 24.0 Å². The van der Waals surface area contributed by atoms with Crippen molar-refractivity contribution in [2.45, 2.75) is 75.3 Å². The molecule has 28 heavy (non-hydrogen) atoms. The van der Waals surface area contributed by atoms with Crippen molar-refractivity contribution in [3.8, 4) is 0 Å². The van der Waals surface area contributed by atoms with Crippen molar-refractivity contribution in [1.82, 2.24) is 14.5 Å². The highest BCUT2D eigenvalue weighted by atomic mass is 32.2. The van der Waals surface area contributed by atoms with Crippen LogP contribution in [-0.4, -0.2) is 56.4 Å². The third-order valence-corrected chi connectivity index (χ3v) is 8.74. The summed E-state index contributed by atoms with van der Waals surface area (Å²) in [7, 11) is -3.41. The molecule has 0 bridgehead atoms. The molecule has 0 aromatic heterocycles. The Balaban J connectivity index is 1.54. The zero-order chi connectivity index (χ0) is 19.4. The van der Waals surface area contributed by atoms with E-state index in [-0.39, 0.29) is 0 Å². The largest absolute Gasteiger partial charge is 0.315 e. The van der Waals surface area contributed by atoms with Gasteiger partial charge < -0.3 is 5.32 Å². The van der Waals surface area contributed by atoms with Crippen molar-refractivity contribution < 1.29 is 8.42 Å². The summed E-state index contributed by atoms with van der Waals surface area (Å²) in [5.74, 6) is 0. The van der Waals surface area contributed by atoms with Gasteiger partial charge in [0.1, 0.15) is 0 Å². The van der Waals surface area contributed by atoms with Crippen molar-refractivity contribution in [3.05, 3.63) is 29.3 Å². The van der Waals surface area contributed by atoms with Crippen LogP contribution in [-0.2, 0) is 23.0 Å². The lowest BCUT2D eigenvalue weighted by molar-refractivity contribution is 0.149. The van der Waals surface area contributed by atoms with E-state index in [4.69, 9.17) is 0 Å². The molecule has 0 radical (unpaired) electrons. The predicted molar refractivity (Wildman–Crippen MR) is 113 cm³/mol. The molecule has 0 spiro atoms. The molecule has 1 aromatic carbocycles. The Kier molecular flexibility index (Phi) is 6.71. The highest BCUT2D eigenvalue weighted by Crippen LogP contribution is 2.31. The summed E-state index contributed by atoms with van der Waals surface area (Å²) in [6.45, 7) is 4.73. The number of rotatable bonds is 3. The molecule has 156 valence electrons. The van der Waals surface area contributed by atoms with Gasteiger partial charge in [0.2, 0.25) is 10.0 Å². The average molecular weight is 406 g/mol. The molecule has 1 aromatic rings. The molecule has 1 saturated carbocycles. The molecule has 6 heteroatoms. The smallest absolute Gasteiger partial charge is 0.243 e. The number of sulfonamides is 1. The maximum atomic E-state index is 13.4. The van der Waals surface area contributed by atoms with Gasteiger partial charge in [0.05, 0.1) is 4.90 Å². The second kappa shape index (κ2) is 9.24. The Bertz CT molecular complexity index is 749. The molecule has 2 fully saturated rings. The molecule has 0 amide bonds. The molecule has 3 aliphatic rings. The number of hydrogen-bond donors (Lipinski definition) is 1. The van der Waals surface area contributed by atoms with E-state index in [0.717, 1.165) is 44.6 Å². The normalized spacial score (nSPS) is 24.1. The van der Waals surface area contributed by atoms with Crippen LogP contribution in [0.25, 0.3) is 0 Å². The lowest BCUT2D eigenvalue weighted by Crippen LogP contribution is -2.41. The minimum atomic E-state index is -3.41. The standard InChI is InChI=1S/C22H35N3O2S/c26-28(27,25-15-7-13-23-14-17-25)22-11-6-8-19-18-24(16-12-21(19)22)20-9-4-2-1-3-5-10-20/h6,8,11,20,23H,1-5,7,9-10,12-18H2. The van der Waals surface area contributed by atoms with Crippen molar-refractivity contribution in [3.63, 3.8) is 0 Å². The third kappa shape index (κ3) is 4.45. The van der Waals surface area contributed by atoms with Gasteiger partial charge in [-0.3, -0.25) is 4.90 Å². The Morgan fingerprint density at radius 2 is 1.68 bits per heavy atom. The minimum absolute atomic E-state index is 0.559. The fourth-order valence-corrected chi connectivity index (χ4v) is 6.92. The van der Waals surface area contributed by atoms with E-state index in [1.165, 1.54) is 50.5 Å². The monoisotopic (exact) mass is 405 g/mol. The van der Waals surface area contributed by atoms with Crippen LogP contribution in [0.5, 0.6) is 0 Å². The lowest BCUT2D eigenvalue weighted by atomic mass is 9.92. The SMILES string of the molecule is O=S(=O)(c1cccc2c1CCN(C1CCCCCCC1)C2)N1CCCNCC1. The molecule has 1 N–H and O–H groups in total. The van der Waals surface area contributed by atoms with Crippen molar-refractivity contribution in [2.24, 2.45) is 0 Å². The minimum Gasteiger partial charge on any atom is -0.315 e. The lowest BCUT2D eigenvalue weighted by Gasteiger charge is -2.37. The van der Waals surface area contributed by atoms with Crippen LogP contribution in [0.15, 0.2) is 23.1 Å². The fraction of sp³-hybridized carbons (Fsp3) is 0.727. The van der Waals surface area contributed by atoms with E-state index in [9.17, 15) is 8.42 Å². The van der Waals surface area contributed by atoms with Crippen LogP contribution < -0.4 is 5.32 Å². The first kappa shape index (κ1) is 20.3. The summed E-state index contributed by atoms with van der Waals surface area (Å²) in [5, 5.41) is 3.30. The molecule has 2 aliphatic heterocycles. The van der Waals surface area contributed by atoms with Gasteiger partial charge in [-0.2, -0.15) is 4.31 Å². The van der Waals surface area contributed by atoms with E-state index in [1.54, 1.807) is 4.31 Å². The first-order valence-corrected chi connectivity index (χ1v) is 12.7. The third-order valence-electron chi connectivity index (χ3n) is 6.76. The van der Waals surface area contributed by atoms with E-state index < -0.39 is 10.0 Å². The van der Waals surface area contributed by atoms with Crippen LogP contribution in [0.1, 0.15) is 62.5 Å². The summed E-state index contributed by atoms with van der Waals surface area (Å²) in [6, 6.07) is 6.60. The first-order chi connectivity index (χ1) is 13.7. The maximum Gasteiger partial charge on any atom is 0.243 e. The highest BCUT2D eigenvalue weighted by Gasteiger charge is 2.31. The van der Waals surface area contributed by atoms with Gasteiger partial charge in [0.25, 0.3) is 0 Å². The van der Waals surface area contributed by atoms with Crippen LogP contribution in [0, 0.1) is 0 Å². The molecular weight excluding hydrogens is 370 g/mol. The van der Waals surface area contributed by atoms with Gasteiger partial charge in [0, 0.05) is 38.8 Å². The van der Waals surface area contributed by atoms with Crippen molar-refractivity contribution >= 4 is 10.0 Å². The zero-order valence-corrected chi connectivity index (χ0v) is 17.9. The van der Waals surface area contributed by atoms with Gasteiger partial charge in [-0.15, -0.1) is 0 Å². The maximum absolute atomic E-state index is 13.4. The highest BCUT2D eigenvalue weighted by molar-refractivity contribution is 7.89. The molecular formula is C22H35N3O2S. The van der Waals surface area contributed by atoms with Gasteiger partial charge in [-0.05, 0) is 49.4 Å². The molecule has 0 atom stereocenters.